The molecule has 0 radical (unpaired) electrons. The predicted octanol–water partition coefficient (Wildman–Crippen LogP) is 3.92. The molecule has 0 atom stereocenters. The lowest BCUT2D eigenvalue weighted by Crippen LogP contribution is -2.02. The fourth-order valence-corrected chi connectivity index (χ4v) is 2.61. The second-order valence-corrected chi connectivity index (χ2v) is 5.23. The van der Waals surface area contributed by atoms with E-state index < -0.39 is 5.97 Å². The van der Waals surface area contributed by atoms with Crippen LogP contribution in [0.15, 0.2) is 41.0 Å². The first kappa shape index (κ1) is 15.6. The van der Waals surface area contributed by atoms with Crippen LogP contribution in [0.4, 0.5) is 0 Å². The fourth-order valence-electron chi connectivity index (χ4n) is 2.61. The normalized spacial score (nSPS) is 11.2. The van der Waals surface area contributed by atoms with Gasteiger partial charge in [-0.05, 0) is 12.5 Å². The molecule has 0 amide bonds. The van der Waals surface area contributed by atoms with Crippen molar-refractivity contribution in [3.8, 4) is 18.0 Å². The lowest BCUT2D eigenvalue weighted by Gasteiger charge is -2.02. The van der Waals surface area contributed by atoms with Crippen molar-refractivity contribution in [2.45, 2.75) is 19.8 Å². The standard InChI is InChI=1S/C19H16N2O3/c1-3-5-9-13-16(12-24-17(13)8-4-2)21-15-11-7-6-10-14(15)18(20-21)19(22)23/h2,5-7,9-12H,3,8H2,1H3,(H,22,23)/b9-5-. The van der Waals surface area contributed by atoms with Crippen LogP contribution in [-0.4, -0.2) is 20.9 Å². The van der Waals surface area contributed by atoms with Crippen LogP contribution < -0.4 is 0 Å². The van der Waals surface area contributed by atoms with Gasteiger partial charge in [-0.1, -0.05) is 43.2 Å². The molecule has 24 heavy (non-hydrogen) atoms. The summed E-state index contributed by atoms with van der Waals surface area (Å²) in [6, 6.07) is 7.20. The number of aromatic carboxylic acids is 1. The van der Waals surface area contributed by atoms with Crippen LogP contribution >= 0.6 is 0 Å². The van der Waals surface area contributed by atoms with Gasteiger partial charge in [-0.25, -0.2) is 9.48 Å². The maximum Gasteiger partial charge on any atom is 0.357 e. The molecule has 1 N–H and O–H groups in total. The number of hydrogen-bond donors (Lipinski definition) is 1. The van der Waals surface area contributed by atoms with E-state index in [-0.39, 0.29) is 5.69 Å². The van der Waals surface area contributed by atoms with Gasteiger partial charge in [-0.15, -0.1) is 6.42 Å². The lowest BCUT2D eigenvalue weighted by atomic mass is 10.1. The highest BCUT2D eigenvalue weighted by Crippen LogP contribution is 2.28. The van der Waals surface area contributed by atoms with Gasteiger partial charge in [0.05, 0.1) is 11.9 Å². The number of carbonyl (C=O) groups is 1. The Morgan fingerprint density at radius 2 is 2.25 bits per heavy atom. The molecule has 0 saturated carbocycles. The topological polar surface area (TPSA) is 68.3 Å². The number of rotatable bonds is 5. The number of furan rings is 1. The van der Waals surface area contributed by atoms with Crippen LogP contribution in [0.1, 0.15) is 35.2 Å². The first-order valence-electron chi connectivity index (χ1n) is 7.59. The van der Waals surface area contributed by atoms with E-state index in [4.69, 9.17) is 10.8 Å². The average molecular weight is 320 g/mol. The third kappa shape index (κ3) is 2.59. The Kier molecular flexibility index (Phi) is 4.21. The van der Waals surface area contributed by atoms with Gasteiger partial charge in [0, 0.05) is 10.9 Å². The highest BCUT2D eigenvalue weighted by molar-refractivity contribution is 6.01. The van der Waals surface area contributed by atoms with E-state index in [0.29, 0.717) is 28.8 Å². The Bertz CT molecular complexity index is 970. The summed E-state index contributed by atoms with van der Waals surface area (Å²) in [7, 11) is 0. The monoisotopic (exact) mass is 320 g/mol. The lowest BCUT2D eigenvalue weighted by molar-refractivity contribution is 0.0692. The number of benzene rings is 1. The van der Waals surface area contributed by atoms with Crippen LogP contribution in [0.5, 0.6) is 0 Å². The summed E-state index contributed by atoms with van der Waals surface area (Å²) in [6.45, 7) is 2.03. The summed E-state index contributed by atoms with van der Waals surface area (Å²) >= 11 is 0. The van der Waals surface area contributed by atoms with E-state index in [1.807, 2.05) is 31.2 Å². The molecule has 0 aliphatic carbocycles. The number of para-hydroxylation sites is 1. The van der Waals surface area contributed by atoms with E-state index in [0.717, 1.165) is 12.0 Å². The van der Waals surface area contributed by atoms with Crippen LogP contribution in [-0.2, 0) is 6.42 Å². The predicted molar refractivity (Wildman–Crippen MR) is 92.2 cm³/mol. The molecule has 0 bridgehead atoms. The van der Waals surface area contributed by atoms with Crippen LogP contribution in [0.3, 0.4) is 0 Å². The minimum absolute atomic E-state index is 0.00993. The van der Waals surface area contributed by atoms with Crippen molar-refractivity contribution in [1.82, 2.24) is 9.78 Å². The molecular weight excluding hydrogens is 304 g/mol. The minimum Gasteiger partial charge on any atom is -0.476 e. The highest BCUT2D eigenvalue weighted by atomic mass is 16.4. The zero-order valence-corrected chi connectivity index (χ0v) is 13.2. The third-order valence-corrected chi connectivity index (χ3v) is 3.69. The van der Waals surface area contributed by atoms with Gasteiger partial charge in [-0.2, -0.15) is 5.10 Å². The molecule has 2 aromatic heterocycles. The van der Waals surface area contributed by atoms with E-state index in [1.165, 1.54) is 0 Å². The quantitative estimate of drug-likeness (QED) is 0.724. The maximum absolute atomic E-state index is 11.5. The number of allylic oxidation sites excluding steroid dienone is 1. The number of aromatic nitrogens is 2. The van der Waals surface area contributed by atoms with Crippen molar-refractivity contribution < 1.29 is 14.3 Å². The molecule has 5 nitrogen and oxygen atoms in total. The first-order chi connectivity index (χ1) is 11.7. The number of hydrogen-bond acceptors (Lipinski definition) is 3. The van der Waals surface area contributed by atoms with Crippen LogP contribution in [0, 0.1) is 12.3 Å². The molecule has 2 heterocycles. The van der Waals surface area contributed by atoms with Crippen molar-refractivity contribution in [2.24, 2.45) is 0 Å². The molecule has 120 valence electrons. The minimum atomic E-state index is -1.07. The molecule has 0 unspecified atom stereocenters. The number of terminal acetylenes is 1. The van der Waals surface area contributed by atoms with Crippen LogP contribution in [0.25, 0.3) is 22.7 Å². The van der Waals surface area contributed by atoms with E-state index in [1.54, 1.807) is 23.1 Å². The highest BCUT2D eigenvalue weighted by Gasteiger charge is 2.20. The molecule has 0 spiro atoms. The van der Waals surface area contributed by atoms with E-state index in [2.05, 4.69) is 11.0 Å². The van der Waals surface area contributed by atoms with Crippen molar-refractivity contribution in [3.05, 3.63) is 53.6 Å². The Hall–Kier alpha value is -3.26. The third-order valence-electron chi connectivity index (χ3n) is 3.69. The largest absolute Gasteiger partial charge is 0.476 e. The van der Waals surface area contributed by atoms with E-state index >= 15 is 0 Å². The first-order valence-corrected chi connectivity index (χ1v) is 7.59. The maximum atomic E-state index is 11.5. The van der Waals surface area contributed by atoms with Gasteiger partial charge in [-0.3, -0.25) is 0 Å². The van der Waals surface area contributed by atoms with E-state index in [9.17, 15) is 9.90 Å². The van der Waals surface area contributed by atoms with Crippen molar-refractivity contribution in [1.29, 1.82) is 0 Å². The summed E-state index contributed by atoms with van der Waals surface area (Å²) in [6.07, 6.45) is 12.1. The van der Waals surface area contributed by atoms with Crippen LogP contribution in [0.2, 0.25) is 0 Å². The summed E-state index contributed by atoms with van der Waals surface area (Å²) in [5, 5.41) is 14.3. The molecule has 1 aromatic carbocycles. The van der Waals surface area contributed by atoms with Gasteiger partial charge in [0.1, 0.15) is 17.7 Å². The van der Waals surface area contributed by atoms with Crippen molar-refractivity contribution >= 4 is 22.9 Å². The molecule has 5 heteroatoms. The molecule has 3 aromatic rings. The van der Waals surface area contributed by atoms with Gasteiger partial charge >= 0.3 is 5.97 Å². The summed E-state index contributed by atoms with van der Waals surface area (Å²) in [4.78, 5) is 11.5. The number of carboxylic acid groups (broad SMARTS) is 1. The smallest absolute Gasteiger partial charge is 0.357 e. The Morgan fingerprint density at radius 3 is 2.96 bits per heavy atom. The number of nitrogens with zero attached hydrogens (tertiary/aromatic N) is 2. The molecule has 3 rings (SSSR count). The molecule has 0 aliphatic heterocycles. The van der Waals surface area contributed by atoms with Crippen molar-refractivity contribution in [3.63, 3.8) is 0 Å². The number of fused-ring (bicyclic) bond motifs is 1. The zero-order valence-electron chi connectivity index (χ0n) is 13.2. The summed E-state index contributed by atoms with van der Waals surface area (Å²) < 4.78 is 7.20. The molecule has 0 aliphatic rings. The van der Waals surface area contributed by atoms with Gasteiger partial charge < -0.3 is 9.52 Å². The van der Waals surface area contributed by atoms with Gasteiger partial charge in [0.25, 0.3) is 0 Å². The van der Waals surface area contributed by atoms with Gasteiger partial charge in [0.2, 0.25) is 0 Å². The Labute approximate surface area is 139 Å². The second kappa shape index (κ2) is 6.47. The summed E-state index contributed by atoms with van der Waals surface area (Å²) in [5.41, 5.74) is 2.21. The molecular formula is C19H16N2O3. The summed E-state index contributed by atoms with van der Waals surface area (Å²) in [5.74, 6) is 2.17. The molecule has 0 saturated heterocycles. The second-order valence-electron chi connectivity index (χ2n) is 5.23. The fraction of sp³-hybridized carbons (Fsp3) is 0.158. The molecule has 0 fully saturated rings. The SMILES string of the molecule is C#CCc1occ(-n2nc(C(=O)O)c3ccccc32)c1/C=C\CC. The van der Waals surface area contributed by atoms with Crippen molar-refractivity contribution in [2.75, 3.05) is 0 Å². The number of carboxylic acids is 1. The van der Waals surface area contributed by atoms with Gasteiger partial charge in [0.15, 0.2) is 5.69 Å². The average Bonchev–Trinajstić information content (AvgIpc) is 3.14. The Balaban J connectivity index is 2.27. The Morgan fingerprint density at radius 1 is 1.46 bits per heavy atom. The zero-order chi connectivity index (χ0) is 17.1.